The van der Waals surface area contributed by atoms with E-state index in [4.69, 9.17) is 11.6 Å². The molecule has 2 aromatic heterocycles. The summed E-state index contributed by atoms with van der Waals surface area (Å²) in [4.78, 5) is 4.12. The standard InChI is InChI=1S/C12H7ClF2N2S/c13-5-11-16-12-9(15)3-7(14)4-10(12)17(11)8-1-2-18-6-8/h1-4,6H,5H2. The Labute approximate surface area is 110 Å². The fourth-order valence-electron chi connectivity index (χ4n) is 1.91. The highest BCUT2D eigenvalue weighted by Gasteiger charge is 2.16. The molecule has 0 atom stereocenters. The van der Waals surface area contributed by atoms with Gasteiger partial charge in [0.2, 0.25) is 0 Å². The SMILES string of the molecule is Fc1cc(F)c2nc(CCl)n(-c3ccsc3)c2c1. The molecule has 0 saturated heterocycles. The van der Waals surface area contributed by atoms with Crippen molar-refractivity contribution >= 4 is 34.0 Å². The zero-order valence-electron chi connectivity index (χ0n) is 9.03. The third-order valence-corrected chi connectivity index (χ3v) is 3.54. The molecule has 0 N–H and O–H groups in total. The molecule has 0 unspecified atom stereocenters. The Morgan fingerprint density at radius 2 is 2.17 bits per heavy atom. The molecule has 0 radical (unpaired) electrons. The average Bonchev–Trinajstić information content (AvgIpc) is 2.94. The summed E-state index contributed by atoms with van der Waals surface area (Å²) in [7, 11) is 0. The molecule has 0 saturated carbocycles. The van der Waals surface area contributed by atoms with Crippen molar-refractivity contribution in [3.8, 4) is 5.69 Å². The van der Waals surface area contributed by atoms with Gasteiger partial charge in [0.15, 0.2) is 5.82 Å². The largest absolute Gasteiger partial charge is 0.294 e. The molecule has 6 heteroatoms. The van der Waals surface area contributed by atoms with E-state index in [1.807, 2.05) is 16.8 Å². The molecule has 0 fully saturated rings. The summed E-state index contributed by atoms with van der Waals surface area (Å²) in [5, 5.41) is 3.76. The van der Waals surface area contributed by atoms with Gasteiger partial charge in [0.05, 0.1) is 17.1 Å². The molecular formula is C12H7ClF2N2S. The van der Waals surface area contributed by atoms with Gasteiger partial charge in [0, 0.05) is 17.5 Å². The van der Waals surface area contributed by atoms with Crippen molar-refractivity contribution in [2.45, 2.75) is 5.88 Å². The summed E-state index contributed by atoms with van der Waals surface area (Å²) in [6.07, 6.45) is 0. The van der Waals surface area contributed by atoms with E-state index in [-0.39, 0.29) is 11.4 Å². The number of halogens is 3. The summed E-state index contributed by atoms with van der Waals surface area (Å²) < 4.78 is 28.7. The first-order valence-electron chi connectivity index (χ1n) is 5.15. The highest BCUT2D eigenvalue weighted by atomic mass is 35.5. The van der Waals surface area contributed by atoms with Crippen molar-refractivity contribution in [2.24, 2.45) is 0 Å². The van der Waals surface area contributed by atoms with Gasteiger partial charge in [-0.05, 0) is 11.4 Å². The molecule has 2 heterocycles. The van der Waals surface area contributed by atoms with Crippen LogP contribution in [0.2, 0.25) is 0 Å². The number of thiophene rings is 1. The first-order valence-corrected chi connectivity index (χ1v) is 6.63. The Hall–Kier alpha value is -1.46. The lowest BCUT2D eigenvalue weighted by molar-refractivity contribution is 0.590. The monoisotopic (exact) mass is 284 g/mol. The van der Waals surface area contributed by atoms with Crippen molar-refractivity contribution < 1.29 is 8.78 Å². The molecule has 1 aromatic carbocycles. The topological polar surface area (TPSA) is 17.8 Å². The van der Waals surface area contributed by atoms with Crippen molar-refractivity contribution in [3.05, 3.63) is 46.4 Å². The van der Waals surface area contributed by atoms with Crippen LogP contribution in [-0.2, 0) is 5.88 Å². The van der Waals surface area contributed by atoms with Crippen LogP contribution in [-0.4, -0.2) is 9.55 Å². The Bertz CT molecular complexity index is 707. The van der Waals surface area contributed by atoms with Gasteiger partial charge >= 0.3 is 0 Å². The van der Waals surface area contributed by atoms with Gasteiger partial charge in [0.25, 0.3) is 0 Å². The summed E-state index contributed by atoms with van der Waals surface area (Å²) in [5.74, 6) is -0.677. The number of hydrogen-bond donors (Lipinski definition) is 0. The van der Waals surface area contributed by atoms with E-state index in [0.717, 1.165) is 11.8 Å². The molecule has 0 amide bonds. The molecule has 0 bridgehead atoms. The minimum atomic E-state index is -0.676. The number of hydrogen-bond acceptors (Lipinski definition) is 2. The van der Waals surface area contributed by atoms with E-state index in [1.54, 1.807) is 4.57 Å². The molecule has 3 rings (SSSR count). The minimum absolute atomic E-state index is 0.131. The summed E-state index contributed by atoms with van der Waals surface area (Å²) in [6.45, 7) is 0. The van der Waals surface area contributed by atoms with Crippen LogP contribution in [0, 0.1) is 11.6 Å². The second kappa shape index (κ2) is 4.33. The third-order valence-electron chi connectivity index (χ3n) is 2.63. The maximum Gasteiger partial charge on any atom is 0.153 e. The Kier molecular flexibility index (Phi) is 2.80. The molecular weight excluding hydrogens is 278 g/mol. The summed E-state index contributed by atoms with van der Waals surface area (Å²) in [6, 6.07) is 3.94. The number of nitrogens with zero attached hydrogens (tertiary/aromatic N) is 2. The van der Waals surface area contributed by atoms with Crippen LogP contribution in [0.5, 0.6) is 0 Å². The fourth-order valence-corrected chi connectivity index (χ4v) is 2.71. The van der Waals surface area contributed by atoms with Gasteiger partial charge in [-0.15, -0.1) is 11.6 Å². The van der Waals surface area contributed by atoms with Gasteiger partial charge in [-0.1, -0.05) is 0 Å². The molecule has 0 spiro atoms. The molecule has 0 aliphatic heterocycles. The van der Waals surface area contributed by atoms with E-state index >= 15 is 0 Å². The number of benzene rings is 1. The zero-order chi connectivity index (χ0) is 12.7. The van der Waals surface area contributed by atoms with Crippen LogP contribution in [0.4, 0.5) is 8.78 Å². The zero-order valence-corrected chi connectivity index (χ0v) is 10.6. The summed E-state index contributed by atoms with van der Waals surface area (Å²) >= 11 is 7.31. The molecule has 92 valence electrons. The Morgan fingerprint density at radius 1 is 1.33 bits per heavy atom. The Balaban J connectivity index is 2.41. The van der Waals surface area contributed by atoms with Gasteiger partial charge in [-0.2, -0.15) is 11.3 Å². The minimum Gasteiger partial charge on any atom is -0.294 e. The second-order valence-electron chi connectivity index (χ2n) is 3.73. The van der Waals surface area contributed by atoms with E-state index in [1.165, 1.54) is 17.4 Å². The van der Waals surface area contributed by atoms with E-state index in [9.17, 15) is 8.78 Å². The number of fused-ring (bicyclic) bond motifs is 1. The van der Waals surface area contributed by atoms with Crippen molar-refractivity contribution in [1.82, 2.24) is 9.55 Å². The third kappa shape index (κ3) is 1.71. The van der Waals surface area contributed by atoms with Gasteiger partial charge in [-0.25, -0.2) is 13.8 Å². The molecule has 18 heavy (non-hydrogen) atoms. The van der Waals surface area contributed by atoms with E-state index < -0.39 is 11.6 Å². The number of alkyl halides is 1. The quantitative estimate of drug-likeness (QED) is 0.648. The highest BCUT2D eigenvalue weighted by molar-refractivity contribution is 7.08. The number of aromatic nitrogens is 2. The molecule has 0 aliphatic carbocycles. The van der Waals surface area contributed by atoms with E-state index in [0.29, 0.717) is 11.3 Å². The second-order valence-corrected chi connectivity index (χ2v) is 4.78. The van der Waals surface area contributed by atoms with Crippen LogP contribution in [0.3, 0.4) is 0 Å². The predicted octanol–water partition coefficient (Wildman–Crippen LogP) is 4.10. The van der Waals surface area contributed by atoms with Crippen LogP contribution in [0.25, 0.3) is 16.7 Å². The summed E-state index contributed by atoms with van der Waals surface area (Å²) in [5.41, 5.74) is 1.34. The van der Waals surface area contributed by atoms with Crippen molar-refractivity contribution in [3.63, 3.8) is 0 Å². The van der Waals surface area contributed by atoms with Crippen molar-refractivity contribution in [1.29, 1.82) is 0 Å². The highest BCUT2D eigenvalue weighted by Crippen LogP contribution is 2.26. The van der Waals surface area contributed by atoms with Crippen molar-refractivity contribution in [2.75, 3.05) is 0 Å². The lowest BCUT2D eigenvalue weighted by Crippen LogP contribution is -1.97. The normalized spacial score (nSPS) is 11.3. The number of imidazole rings is 1. The predicted molar refractivity (Wildman–Crippen MR) is 68.4 cm³/mol. The van der Waals surface area contributed by atoms with Crippen LogP contribution in [0.15, 0.2) is 29.0 Å². The fraction of sp³-hybridized carbons (Fsp3) is 0.0833. The first kappa shape index (κ1) is 11.6. The molecule has 3 aromatic rings. The smallest absolute Gasteiger partial charge is 0.153 e. The lowest BCUT2D eigenvalue weighted by Gasteiger charge is -2.04. The maximum atomic E-state index is 13.7. The molecule has 2 nitrogen and oxygen atoms in total. The first-order chi connectivity index (χ1) is 8.70. The number of rotatable bonds is 2. The Morgan fingerprint density at radius 3 is 2.83 bits per heavy atom. The van der Waals surface area contributed by atoms with Crippen LogP contribution >= 0.6 is 22.9 Å². The lowest BCUT2D eigenvalue weighted by atomic mass is 10.3. The van der Waals surface area contributed by atoms with Crippen LogP contribution in [0.1, 0.15) is 5.82 Å². The maximum absolute atomic E-state index is 13.7. The van der Waals surface area contributed by atoms with E-state index in [2.05, 4.69) is 4.98 Å². The van der Waals surface area contributed by atoms with Gasteiger partial charge in [0.1, 0.15) is 17.2 Å². The average molecular weight is 285 g/mol. The van der Waals surface area contributed by atoms with Crippen LogP contribution < -0.4 is 0 Å². The van der Waals surface area contributed by atoms with Gasteiger partial charge in [-0.3, -0.25) is 4.57 Å². The molecule has 0 aliphatic rings. The van der Waals surface area contributed by atoms with Gasteiger partial charge < -0.3 is 0 Å².